The molecular weight excluding hydrogens is 226 g/mol. The number of hydrogen-bond acceptors (Lipinski definition) is 3. The Morgan fingerprint density at radius 3 is 2.81 bits per heavy atom. The first-order chi connectivity index (χ1) is 7.74. The highest BCUT2D eigenvalue weighted by atomic mass is 35.5. The van der Waals surface area contributed by atoms with E-state index in [9.17, 15) is 0 Å². The van der Waals surface area contributed by atoms with Crippen molar-refractivity contribution in [2.45, 2.75) is 6.92 Å². The Balaban J connectivity index is 2.23. The molecule has 0 aliphatic rings. The van der Waals surface area contributed by atoms with Gasteiger partial charge in [-0.3, -0.25) is 0 Å². The predicted octanol–water partition coefficient (Wildman–Crippen LogP) is 2.72. The molecule has 0 amide bonds. The van der Waals surface area contributed by atoms with Gasteiger partial charge in [0.1, 0.15) is 0 Å². The fourth-order valence-corrected chi connectivity index (χ4v) is 1.46. The molecule has 0 saturated carbocycles. The van der Waals surface area contributed by atoms with Crippen LogP contribution in [0.1, 0.15) is 5.56 Å². The van der Waals surface area contributed by atoms with Crippen molar-refractivity contribution < 1.29 is 9.47 Å². The Kier molecular flexibility index (Phi) is 6.23. The maximum absolute atomic E-state index is 6.04. The van der Waals surface area contributed by atoms with Gasteiger partial charge in [-0.2, -0.15) is 0 Å². The minimum atomic E-state index is 0.625. The molecule has 0 radical (unpaired) electrons. The minimum Gasteiger partial charge on any atom is -0.382 e. The van der Waals surface area contributed by atoms with Crippen LogP contribution in [-0.2, 0) is 9.47 Å². The van der Waals surface area contributed by atoms with E-state index in [1.165, 1.54) is 5.56 Å². The number of rotatable bonds is 7. The predicted molar refractivity (Wildman–Crippen MR) is 67.4 cm³/mol. The maximum atomic E-state index is 6.04. The van der Waals surface area contributed by atoms with Crippen molar-refractivity contribution in [2.24, 2.45) is 0 Å². The third-order valence-electron chi connectivity index (χ3n) is 2.12. The SMILES string of the molecule is COCCOCCNc1cc(C)ccc1Cl. The minimum absolute atomic E-state index is 0.625. The van der Waals surface area contributed by atoms with Crippen molar-refractivity contribution in [1.82, 2.24) is 0 Å². The van der Waals surface area contributed by atoms with E-state index in [0.29, 0.717) is 19.8 Å². The van der Waals surface area contributed by atoms with Gasteiger partial charge in [-0.15, -0.1) is 0 Å². The van der Waals surface area contributed by atoms with Crippen molar-refractivity contribution >= 4 is 17.3 Å². The molecule has 0 fully saturated rings. The molecule has 1 aromatic rings. The molecule has 3 nitrogen and oxygen atoms in total. The molecule has 4 heteroatoms. The summed E-state index contributed by atoms with van der Waals surface area (Å²) in [6.07, 6.45) is 0. The molecular formula is C12H18ClNO2. The van der Waals surface area contributed by atoms with Gasteiger partial charge in [0.25, 0.3) is 0 Å². The number of methoxy groups -OCH3 is 1. The van der Waals surface area contributed by atoms with Crippen LogP contribution in [-0.4, -0.2) is 33.5 Å². The van der Waals surface area contributed by atoms with E-state index in [1.54, 1.807) is 7.11 Å². The van der Waals surface area contributed by atoms with Gasteiger partial charge in [-0.1, -0.05) is 17.7 Å². The Labute approximate surface area is 102 Å². The van der Waals surface area contributed by atoms with Crippen LogP contribution in [0.3, 0.4) is 0 Å². The number of aryl methyl sites for hydroxylation is 1. The van der Waals surface area contributed by atoms with Crippen LogP contribution < -0.4 is 5.32 Å². The molecule has 0 saturated heterocycles. The van der Waals surface area contributed by atoms with Gasteiger partial charge in [0.05, 0.1) is 30.5 Å². The zero-order valence-corrected chi connectivity index (χ0v) is 10.5. The Morgan fingerprint density at radius 1 is 1.25 bits per heavy atom. The van der Waals surface area contributed by atoms with Crippen molar-refractivity contribution in [2.75, 3.05) is 38.8 Å². The first-order valence-corrected chi connectivity index (χ1v) is 5.68. The van der Waals surface area contributed by atoms with Gasteiger partial charge in [0.15, 0.2) is 0 Å². The van der Waals surface area contributed by atoms with Crippen LogP contribution >= 0.6 is 11.6 Å². The van der Waals surface area contributed by atoms with Crippen LogP contribution in [0.4, 0.5) is 5.69 Å². The molecule has 1 rings (SSSR count). The lowest BCUT2D eigenvalue weighted by Gasteiger charge is -2.09. The second-order valence-corrected chi connectivity index (χ2v) is 3.92. The number of ether oxygens (including phenoxy) is 2. The summed E-state index contributed by atoms with van der Waals surface area (Å²) in [7, 11) is 1.66. The van der Waals surface area contributed by atoms with Crippen molar-refractivity contribution in [3.63, 3.8) is 0 Å². The lowest BCUT2D eigenvalue weighted by molar-refractivity contribution is 0.0759. The Bertz CT molecular complexity index is 318. The molecule has 0 heterocycles. The topological polar surface area (TPSA) is 30.5 Å². The van der Waals surface area contributed by atoms with E-state index in [2.05, 4.69) is 5.32 Å². The van der Waals surface area contributed by atoms with E-state index in [1.807, 2.05) is 25.1 Å². The summed E-state index contributed by atoms with van der Waals surface area (Å²) in [6, 6.07) is 5.91. The summed E-state index contributed by atoms with van der Waals surface area (Å²) < 4.78 is 10.2. The molecule has 0 atom stereocenters. The summed E-state index contributed by atoms with van der Waals surface area (Å²) >= 11 is 6.04. The van der Waals surface area contributed by atoms with E-state index in [4.69, 9.17) is 21.1 Å². The lowest BCUT2D eigenvalue weighted by atomic mass is 10.2. The summed E-state index contributed by atoms with van der Waals surface area (Å²) in [6.45, 7) is 4.68. The van der Waals surface area contributed by atoms with E-state index < -0.39 is 0 Å². The molecule has 0 unspecified atom stereocenters. The van der Waals surface area contributed by atoms with Gasteiger partial charge in [-0.25, -0.2) is 0 Å². The summed E-state index contributed by atoms with van der Waals surface area (Å²) in [4.78, 5) is 0. The van der Waals surface area contributed by atoms with Gasteiger partial charge in [0, 0.05) is 13.7 Å². The molecule has 0 spiro atoms. The lowest BCUT2D eigenvalue weighted by Crippen LogP contribution is -2.12. The average molecular weight is 244 g/mol. The number of anilines is 1. The van der Waals surface area contributed by atoms with E-state index in [-0.39, 0.29) is 0 Å². The van der Waals surface area contributed by atoms with Gasteiger partial charge >= 0.3 is 0 Å². The van der Waals surface area contributed by atoms with Crippen LogP contribution in [0.2, 0.25) is 5.02 Å². The molecule has 0 aromatic heterocycles. The highest BCUT2D eigenvalue weighted by molar-refractivity contribution is 6.33. The molecule has 0 bridgehead atoms. The Morgan fingerprint density at radius 2 is 2.06 bits per heavy atom. The normalized spacial score (nSPS) is 10.4. The van der Waals surface area contributed by atoms with E-state index in [0.717, 1.165) is 17.3 Å². The quantitative estimate of drug-likeness (QED) is 0.747. The molecule has 0 aliphatic heterocycles. The monoisotopic (exact) mass is 243 g/mol. The molecule has 1 aromatic carbocycles. The van der Waals surface area contributed by atoms with Crippen molar-refractivity contribution in [3.05, 3.63) is 28.8 Å². The summed E-state index contributed by atoms with van der Waals surface area (Å²) in [5, 5.41) is 3.97. The highest BCUT2D eigenvalue weighted by Crippen LogP contribution is 2.22. The smallest absolute Gasteiger partial charge is 0.0701 e. The van der Waals surface area contributed by atoms with Crippen LogP contribution in [0.25, 0.3) is 0 Å². The first-order valence-electron chi connectivity index (χ1n) is 5.30. The van der Waals surface area contributed by atoms with Crippen molar-refractivity contribution in [3.8, 4) is 0 Å². The van der Waals surface area contributed by atoms with Crippen LogP contribution in [0.15, 0.2) is 18.2 Å². The number of benzene rings is 1. The van der Waals surface area contributed by atoms with Crippen LogP contribution in [0, 0.1) is 6.92 Å². The standard InChI is InChI=1S/C12H18ClNO2/c1-10-3-4-11(13)12(9-10)14-5-6-16-8-7-15-2/h3-4,9,14H,5-8H2,1-2H3. The third kappa shape index (κ3) is 4.84. The van der Waals surface area contributed by atoms with Crippen molar-refractivity contribution in [1.29, 1.82) is 0 Å². The van der Waals surface area contributed by atoms with Crippen LogP contribution in [0.5, 0.6) is 0 Å². The van der Waals surface area contributed by atoms with Gasteiger partial charge < -0.3 is 14.8 Å². The zero-order chi connectivity index (χ0) is 11.8. The first kappa shape index (κ1) is 13.3. The second-order valence-electron chi connectivity index (χ2n) is 3.52. The summed E-state index contributed by atoms with van der Waals surface area (Å²) in [5.41, 5.74) is 2.14. The zero-order valence-electron chi connectivity index (χ0n) is 9.75. The fraction of sp³-hybridized carbons (Fsp3) is 0.500. The number of halogens is 1. The Hall–Kier alpha value is -0.770. The van der Waals surface area contributed by atoms with E-state index >= 15 is 0 Å². The third-order valence-corrected chi connectivity index (χ3v) is 2.45. The largest absolute Gasteiger partial charge is 0.382 e. The number of hydrogen-bond donors (Lipinski definition) is 1. The highest BCUT2D eigenvalue weighted by Gasteiger charge is 1.99. The van der Waals surface area contributed by atoms with Gasteiger partial charge in [-0.05, 0) is 24.6 Å². The molecule has 1 N–H and O–H groups in total. The average Bonchev–Trinajstić information content (AvgIpc) is 2.28. The second kappa shape index (κ2) is 7.49. The molecule has 90 valence electrons. The molecule has 0 aliphatic carbocycles. The number of nitrogens with one attached hydrogen (secondary N) is 1. The fourth-order valence-electron chi connectivity index (χ4n) is 1.28. The summed E-state index contributed by atoms with van der Waals surface area (Å²) in [5.74, 6) is 0. The van der Waals surface area contributed by atoms with Gasteiger partial charge in [0.2, 0.25) is 0 Å². The molecule has 16 heavy (non-hydrogen) atoms. The maximum Gasteiger partial charge on any atom is 0.0701 e.